The first-order chi connectivity index (χ1) is 22.0. The number of urea groups is 1. The molecule has 3 aromatic rings. The second kappa shape index (κ2) is 14.6. The number of hydrogen-bond acceptors (Lipinski definition) is 4. The minimum atomic E-state index is -0.654. The number of aliphatic imine (C=N–C) groups is 1. The summed E-state index contributed by atoms with van der Waals surface area (Å²) in [7, 11) is 0. The molecule has 1 aliphatic heterocycles. The van der Waals surface area contributed by atoms with Gasteiger partial charge in [0.25, 0.3) is 0 Å². The van der Waals surface area contributed by atoms with Crippen LogP contribution in [0.15, 0.2) is 53.5 Å². The number of para-hydroxylation sites is 1. The van der Waals surface area contributed by atoms with Crippen LogP contribution in [0.4, 0.5) is 19.7 Å². The predicted molar refractivity (Wildman–Crippen MR) is 188 cm³/mol. The minimum absolute atomic E-state index is 0.000854. The first kappa shape index (κ1) is 36.2. The Morgan fingerprint density at radius 2 is 1.53 bits per heavy atom. The quantitative estimate of drug-likeness (QED) is 0.164. The topological polar surface area (TPSA) is 87.1 Å². The summed E-state index contributed by atoms with van der Waals surface area (Å²) in [4.78, 5) is 39.6. The number of anilines is 1. The third-order valence-corrected chi connectivity index (χ3v) is 8.57. The molecule has 0 saturated carbocycles. The van der Waals surface area contributed by atoms with Crippen molar-refractivity contribution in [3.05, 3.63) is 81.2 Å². The van der Waals surface area contributed by atoms with Crippen LogP contribution in [-0.2, 0) is 4.74 Å². The van der Waals surface area contributed by atoms with Gasteiger partial charge in [0.05, 0.1) is 16.3 Å². The highest BCUT2D eigenvalue weighted by atomic mass is 35.5. The van der Waals surface area contributed by atoms with E-state index in [-0.39, 0.29) is 51.2 Å². The van der Waals surface area contributed by atoms with Crippen molar-refractivity contribution in [2.75, 3.05) is 18.4 Å². The molecular formula is C36H44Cl2FN5O3. The van der Waals surface area contributed by atoms with Crippen LogP contribution in [-0.4, -0.2) is 63.5 Å². The molecule has 252 valence electrons. The summed E-state index contributed by atoms with van der Waals surface area (Å²) < 4.78 is 20.4. The zero-order valence-corrected chi connectivity index (χ0v) is 30.0. The van der Waals surface area contributed by atoms with Crippen LogP contribution < -0.4 is 5.32 Å². The number of nitrogens with one attached hydrogen (secondary N) is 1. The Hall–Kier alpha value is -3.69. The summed E-state index contributed by atoms with van der Waals surface area (Å²) in [6, 6.07) is 12.5. The van der Waals surface area contributed by atoms with E-state index in [0.717, 1.165) is 16.8 Å². The van der Waals surface area contributed by atoms with Gasteiger partial charge in [0.2, 0.25) is 0 Å². The number of ether oxygens (including phenoxy) is 1. The first-order valence-corrected chi connectivity index (χ1v) is 16.6. The maximum Gasteiger partial charge on any atom is 0.410 e. The van der Waals surface area contributed by atoms with Crippen LogP contribution in [0, 0.1) is 5.82 Å². The summed E-state index contributed by atoms with van der Waals surface area (Å²) in [5, 5.41) is 3.20. The Balaban J connectivity index is 1.81. The molecule has 11 heteroatoms. The lowest BCUT2D eigenvalue weighted by molar-refractivity contribution is 0.000486. The second-order valence-corrected chi connectivity index (χ2v) is 14.4. The number of hydrogen-bond donors (Lipinski definition) is 1. The van der Waals surface area contributed by atoms with Crippen LogP contribution in [0.1, 0.15) is 90.8 Å². The largest absolute Gasteiger partial charge is 0.444 e. The molecule has 0 unspecified atom stereocenters. The molecular weight excluding hydrogens is 640 g/mol. The monoisotopic (exact) mass is 683 g/mol. The van der Waals surface area contributed by atoms with E-state index in [4.69, 9.17) is 27.9 Å². The Kier molecular flexibility index (Phi) is 11.2. The summed E-state index contributed by atoms with van der Waals surface area (Å²) in [6.45, 7) is 18.2. The highest BCUT2D eigenvalue weighted by Gasteiger charge is 2.37. The van der Waals surface area contributed by atoms with Gasteiger partial charge in [-0.15, -0.1) is 0 Å². The highest BCUT2D eigenvalue weighted by molar-refractivity contribution is 6.36. The molecule has 4 rings (SSSR count). The number of rotatable bonds is 5. The molecule has 2 heterocycles. The van der Waals surface area contributed by atoms with Gasteiger partial charge in [0, 0.05) is 36.4 Å². The van der Waals surface area contributed by atoms with Crippen LogP contribution in [0.2, 0.25) is 10.2 Å². The molecule has 2 aromatic carbocycles. The Bertz CT molecular complexity index is 1640. The van der Waals surface area contributed by atoms with Crippen molar-refractivity contribution in [1.29, 1.82) is 0 Å². The maximum absolute atomic E-state index is 14.7. The third kappa shape index (κ3) is 8.43. The molecule has 2 atom stereocenters. The molecule has 47 heavy (non-hydrogen) atoms. The van der Waals surface area contributed by atoms with Crippen molar-refractivity contribution >= 4 is 46.8 Å². The van der Waals surface area contributed by atoms with Gasteiger partial charge in [-0.05, 0) is 75.8 Å². The lowest BCUT2D eigenvalue weighted by Crippen LogP contribution is -2.60. The maximum atomic E-state index is 14.7. The number of amidine groups is 1. The number of amides is 3. The molecule has 1 aliphatic rings. The summed E-state index contributed by atoms with van der Waals surface area (Å²) >= 11 is 13.5. The molecule has 0 bridgehead atoms. The summed E-state index contributed by atoms with van der Waals surface area (Å²) in [5.41, 5.74) is 2.72. The van der Waals surface area contributed by atoms with Gasteiger partial charge >= 0.3 is 12.1 Å². The SMILES string of the molecule is CC(C)c1cccc(C(C)C)c1NC(=O)N=C(c1cc(Cl)c(-c2ccccc2F)nc1Cl)N1C[C@@H](C)N(C(=O)OC(C)(C)C)C[C@@H]1C. The van der Waals surface area contributed by atoms with Crippen molar-refractivity contribution in [3.63, 3.8) is 0 Å². The van der Waals surface area contributed by atoms with Gasteiger partial charge in [-0.1, -0.05) is 81.2 Å². The summed E-state index contributed by atoms with van der Waals surface area (Å²) in [5.74, 6) is 0.0398. The van der Waals surface area contributed by atoms with Crippen LogP contribution in [0.3, 0.4) is 0 Å². The Morgan fingerprint density at radius 3 is 2.11 bits per heavy atom. The average molecular weight is 685 g/mol. The number of piperazine rings is 1. The lowest BCUT2D eigenvalue weighted by atomic mass is 9.93. The smallest absolute Gasteiger partial charge is 0.410 e. The molecule has 1 N–H and O–H groups in total. The summed E-state index contributed by atoms with van der Waals surface area (Å²) in [6.07, 6.45) is -0.420. The number of pyridine rings is 1. The molecule has 8 nitrogen and oxygen atoms in total. The molecule has 0 aliphatic carbocycles. The number of benzene rings is 2. The van der Waals surface area contributed by atoms with E-state index >= 15 is 0 Å². The van der Waals surface area contributed by atoms with Crippen molar-refractivity contribution in [3.8, 4) is 11.3 Å². The van der Waals surface area contributed by atoms with Crippen molar-refractivity contribution in [1.82, 2.24) is 14.8 Å². The van der Waals surface area contributed by atoms with Crippen molar-refractivity contribution < 1.29 is 18.7 Å². The molecule has 1 aromatic heterocycles. The molecule has 1 saturated heterocycles. The van der Waals surface area contributed by atoms with E-state index in [0.29, 0.717) is 18.7 Å². The highest BCUT2D eigenvalue weighted by Crippen LogP contribution is 2.35. The number of carbonyl (C=O) groups is 2. The molecule has 0 spiro atoms. The van der Waals surface area contributed by atoms with E-state index in [1.54, 1.807) is 29.2 Å². The number of halogens is 3. The lowest BCUT2D eigenvalue weighted by Gasteiger charge is -2.45. The number of carbonyl (C=O) groups excluding carboxylic acids is 2. The van der Waals surface area contributed by atoms with Gasteiger partial charge in [-0.3, -0.25) is 0 Å². The van der Waals surface area contributed by atoms with E-state index in [1.165, 1.54) is 6.07 Å². The van der Waals surface area contributed by atoms with Gasteiger partial charge < -0.3 is 19.9 Å². The minimum Gasteiger partial charge on any atom is -0.444 e. The fraction of sp³-hybridized carbons (Fsp3) is 0.444. The number of aromatic nitrogens is 1. The van der Waals surface area contributed by atoms with E-state index in [1.807, 2.05) is 57.7 Å². The Morgan fingerprint density at radius 1 is 0.957 bits per heavy atom. The van der Waals surface area contributed by atoms with E-state index in [9.17, 15) is 14.0 Å². The van der Waals surface area contributed by atoms with Crippen molar-refractivity contribution in [2.45, 2.75) is 91.8 Å². The molecule has 0 radical (unpaired) electrons. The van der Waals surface area contributed by atoms with E-state index in [2.05, 4.69) is 43.0 Å². The molecule has 3 amide bonds. The van der Waals surface area contributed by atoms with Gasteiger partial charge in [0.15, 0.2) is 0 Å². The standard InChI is InChI=1S/C36H44Cl2FN5O3/c1-20(2)24-14-12-15-25(21(3)4)30(24)41-34(45)42-33(43-18-23(6)44(19-22(43)5)35(46)47-36(7,8)9)27-17-28(37)31(40-32(27)38)26-13-10-11-16-29(26)39/h10-17,20-23H,18-19H2,1-9H3,(H,41,45)/t22-,23+/m0/s1. The van der Waals surface area contributed by atoms with Gasteiger partial charge in [-0.25, -0.2) is 19.0 Å². The Labute approximate surface area is 287 Å². The van der Waals surface area contributed by atoms with Crippen LogP contribution >= 0.6 is 23.2 Å². The average Bonchev–Trinajstić information content (AvgIpc) is 2.97. The second-order valence-electron chi connectivity index (χ2n) is 13.6. The van der Waals surface area contributed by atoms with Gasteiger partial charge in [0.1, 0.15) is 22.4 Å². The van der Waals surface area contributed by atoms with Crippen LogP contribution in [0.5, 0.6) is 0 Å². The van der Waals surface area contributed by atoms with E-state index < -0.39 is 23.5 Å². The third-order valence-electron chi connectivity index (χ3n) is 8.00. The van der Waals surface area contributed by atoms with Crippen molar-refractivity contribution in [2.24, 2.45) is 4.99 Å². The number of nitrogens with zero attached hydrogens (tertiary/aromatic N) is 4. The first-order valence-electron chi connectivity index (χ1n) is 15.9. The normalized spacial score (nSPS) is 17.4. The zero-order valence-electron chi connectivity index (χ0n) is 28.5. The van der Waals surface area contributed by atoms with Crippen LogP contribution in [0.25, 0.3) is 11.3 Å². The fourth-order valence-electron chi connectivity index (χ4n) is 5.67. The molecule has 1 fully saturated rings. The predicted octanol–water partition coefficient (Wildman–Crippen LogP) is 9.75. The zero-order chi connectivity index (χ0) is 34.8. The fourth-order valence-corrected chi connectivity index (χ4v) is 6.14. The van der Waals surface area contributed by atoms with Gasteiger partial charge in [-0.2, -0.15) is 4.99 Å².